The van der Waals surface area contributed by atoms with Crippen molar-refractivity contribution in [3.05, 3.63) is 23.8 Å². The third-order valence-corrected chi connectivity index (χ3v) is 4.97. The summed E-state index contributed by atoms with van der Waals surface area (Å²) in [6, 6.07) is 5.86. The number of hydrogen-bond donors (Lipinski definition) is 1. The maximum absolute atomic E-state index is 12.6. The van der Waals surface area contributed by atoms with E-state index in [1.165, 1.54) is 0 Å². The minimum Gasteiger partial charge on any atom is -0.493 e. The summed E-state index contributed by atoms with van der Waals surface area (Å²) in [5.74, 6) is 1.12. The van der Waals surface area contributed by atoms with Crippen LogP contribution in [0.4, 0.5) is 5.69 Å². The predicted octanol–water partition coefficient (Wildman–Crippen LogP) is 3.23. The lowest BCUT2D eigenvalue weighted by molar-refractivity contribution is -0.142. The number of carbonyl (C=O) groups excluding carboxylic acids is 2. The lowest BCUT2D eigenvalue weighted by atomic mass is 9.90. The molecule has 136 valence electrons. The molecule has 0 spiro atoms. The maximum atomic E-state index is 12.6. The Hall–Kier alpha value is -2.04. The van der Waals surface area contributed by atoms with E-state index >= 15 is 0 Å². The first kappa shape index (κ1) is 17.8. The van der Waals surface area contributed by atoms with Crippen LogP contribution in [0.25, 0.3) is 0 Å². The van der Waals surface area contributed by atoms with E-state index in [-0.39, 0.29) is 23.1 Å². The molecule has 1 N–H and O–H groups in total. The van der Waals surface area contributed by atoms with Crippen molar-refractivity contribution in [2.75, 3.05) is 25.0 Å². The lowest BCUT2D eigenvalue weighted by Gasteiger charge is -2.35. The van der Waals surface area contributed by atoms with Crippen LogP contribution >= 0.6 is 0 Å². The molecule has 0 saturated carbocycles. The summed E-state index contributed by atoms with van der Waals surface area (Å²) in [4.78, 5) is 26.8. The average Bonchev–Trinajstić information content (AvgIpc) is 2.60. The van der Waals surface area contributed by atoms with Gasteiger partial charge >= 0.3 is 0 Å². The Morgan fingerprint density at radius 3 is 2.60 bits per heavy atom. The first-order chi connectivity index (χ1) is 11.8. The van der Waals surface area contributed by atoms with Crippen molar-refractivity contribution in [1.82, 2.24) is 4.90 Å². The Balaban J connectivity index is 1.56. The normalized spacial score (nSPS) is 18.3. The van der Waals surface area contributed by atoms with Crippen molar-refractivity contribution in [1.29, 1.82) is 0 Å². The van der Waals surface area contributed by atoms with Gasteiger partial charge in [0.15, 0.2) is 0 Å². The number of rotatable bonds is 2. The second-order valence-electron chi connectivity index (χ2n) is 8.08. The fraction of sp³-hybridized carbons (Fsp3) is 0.600. The third-order valence-electron chi connectivity index (χ3n) is 4.97. The van der Waals surface area contributed by atoms with Crippen molar-refractivity contribution < 1.29 is 14.3 Å². The molecular weight excluding hydrogens is 316 g/mol. The summed E-state index contributed by atoms with van der Waals surface area (Å²) in [5, 5.41) is 3.04. The molecule has 25 heavy (non-hydrogen) atoms. The molecule has 1 saturated heterocycles. The van der Waals surface area contributed by atoms with Crippen LogP contribution in [-0.2, 0) is 16.0 Å². The van der Waals surface area contributed by atoms with E-state index in [0.29, 0.717) is 13.1 Å². The molecular formula is C20H28N2O3. The predicted molar refractivity (Wildman–Crippen MR) is 97.6 cm³/mol. The molecule has 2 heterocycles. The van der Waals surface area contributed by atoms with Gasteiger partial charge in [0.05, 0.1) is 6.61 Å². The Labute approximate surface area is 149 Å². The largest absolute Gasteiger partial charge is 0.493 e. The second kappa shape index (κ2) is 7.06. The van der Waals surface area contributed by atoms with E-state index in [4.69, 9.17) is 4.74 Å². The molecule has 0 bridgehead atoms. The Kier molecular flexibility index (Phi) is 5.02. The van der Waals surface area contributed by atoms with Crippen molar-refractivity contribution in [3.8, 4) is 5.75 Å². The van der Waals surface area contributed by atoms with E-state index in [0.717, 1.165) is 49.3 Å². The van der Waals surface area contributed by atoms with Gasteiger partial charge in [-0.05, 0) is 49.4 Å². The minimum atomic E-state index is -0.361. The number of aryl methyl sites for hydroxylation is 1. The number of amides is 2. The smallest absolute Gasteiger partial charge is 0.227 e. The molecule has 3 rings (SSSR count). The van der Waals surface area contributed by atoms with Gasteiger partial charge in [-0.25, -0.2) is 0 Å². The molecule has 0 radical (unpaired) electrons. The highest BCUT2D eigenvalue weighted by Crippen LogP contribution is 2.29. The zero-order valence-corrected chi connectivity index (χ0v) is 15.4. The molecule has 5 heteroatoms. The Bertz CT molecular complexity index is 655. The van der Waals surface area contributed by atoms with Crippen LogP contribution in [0.5, 0.6) is 5.75 Å². The van der Waals surface area contributed by atoms with Gasteiger partial charge in [-0.3, -0.25) is 9.59 Å². The number of fused-ring (bicyclic) bond motifs is 1. The molecule has 0 unspecified atom stereocenters. The van der Waals surface area contributed by atoms with Crippen LogP contribution in [0.1, 0.15) is 45.6 Å². The fourth-order valence-electron chi connectivity index (χ4n) is 3.50. The van der Waals surface area contributed by atoms with Gasteiger partial charge in [-0.15, -0.1) is 0 Å². The van der Waals surface area contributed by atoms with Crippen LogP contribution in [0.2, 0.25) is 0 Å². The van der Waals surface area contributed by atoms with Crippen molar-refractivity contribution in [2.24, 2.45) is 11.3 Å². The van der Waals surface area contributed by atoms with Crippen LogP contribution in [-0.4, -0.2) is 36.4 Å². The van der Waals surface area contributed by atoms with Crippen molar-refractivity contribution >= 4 is 17.5 Å². The van der Waals surface area contributed by atoms with E-state index in [1.807, 2.05) is 43.9 Å². The summed E-state index contributed by atoms with van der Waals surface area (Å²) in [6.07, 6.45) is 3.46. The van der Waals surface area contributed by atoms with E-state index in [1.54, 1.807) is 0 Å². The number of anilines is 1. The lowest BCUT2D eigenvalue weighted by Crippen LogP contribution is -2.45. The molecule has 5 nitrogen and oxygen atoms in total. The summed E-state index contributed by atoms with van der Waals surface area (Å²) in [6.45, 7) is 7.90. The summed E-state index contributed by atoms with van der Waals surface area (Å²) < 4.78 is 5.61. The minimum absolute atomic E-state index is 0.0312. The molecule has 2 aliphatic rings. The highest BCUT2D eigenvalue weighted by molar-refractivity contribution is 5.93. The van der Waals surface area contributed by atoms with Crippen molar-refractivity contribution in [3.63, 3.8) is 0 Å². The fourth-order valence-corrected chi connectivity index (χ4v) is 3.50. The van der Waals surface area contributed by atoms with Gasteiger partial charge in [0, 0.05) is 30.1 Å². The SMILES string of the molecule is CC(C)(C)C(=O)N1CCC(C(=O)Nc2ccc3c(c2)CCCO3)CC1. The number of likely N-dealkylation sites (tertiary alicyclic amines) is 1. The highest BCUT2D eigenvalue weighted by Gasteiger charge is 2.32. The molecule has 0 atom stereocenters. The van der Waals surface area contributed by atoms with Crippen LogP contribution in [0.15, 0.2) is 18.2 Å². The van der Waals surface area contributed by atoms with E-state index in [9.17, 15) is 9.59 Å². The van der Waals surface area contributed by atoms with E-state index < -0.39 is 0 Å². The zero-order chi connectivity index (χ0) is 18.0. The van der Waals surface area contributed by atoms with Gasteiger partial charge in [0.25, 0.3) is 0 Å². The summed E-state index contributed by atoms with van der Waals surface area (Å²) >= 11 is 0. The number of piperidine rings is 1. The zero-order valence-electron chi connectivity index (χ0n) is 15.4. The number of nitrogens with zero attached hydrogens (tertiary/aromatic N) is 1. The second-order valence-corrected chi connectivity index (χ2v) is 8.08. The maximum Gasteiger partial charge on any atom is 0.227 e. The topological polar surface area (TPSA) is 58.6 Å². The van der Waals surface area contributed by atoms with Gasteiger partial charge in [0.1, 0.15) is 5.75 Å². The van der Waals surface area contributed by atoms with Crippen LogP contribution < -0.4 is 10.1 Å². The Morgan fingerprint density at radius 1 is 1.20 bits per heavy atom. The first-order valence-corrected chi connectivity index (χ1v) is 9.20. The van der Waals surface area contributed by atoms with Crippen LogP contribution in [0.3, 0.4) is 0 Å². The third kappa shape index (κ3) is 4.14. The van der Waals surface area contributed by atoms with E-state index in [2.05, 4.69) is 5.32 Å². The van der Waals surface area contributed by atoms with Crippen LogP contribution in [0, 0.1) is 11.3 Å². The van der Waals surface area contributed by atoms with Gasteiger partial charge in [-0.2, -0.15) is 0 Å². The van der Waals surface area contributed by atoms with Gasteiger partial charge < -0.3 is 15.0 Å². The van der Waals surface area contributed by atoms with Crippen molar-refractivity contribution in [2.45, 2.75) is 46.5 Å². The molecule has 1 aromatic rings. The van der Waals surface area contributed by atoms with Gasteiger partial charge in [-0.1, -0.05) is 20.8 Å². The summed E-state index contributed by atoms with van der Waals surface area (Å²) in [5.41, 5.74) is 1.64. The molecule has 2 aliphatic heterocycles. The highest BCUT2D eigenvalue weighted by atomic mass is 16.5. The molecule has 1 aromatic carbocycles. The first-order valence-electron chi connectivity index (χ1n) is 9.20. The number of ether oxygens (including phenoxy) is 1. The quantitative estimate of drug-likeness (QED) is 0.896. The molecule has 0 aliphatic carbocycles. The Morgan fingerprint density at radius 2 is 1.92 bits per heavy atom. The number of carbonyl (C=O) groups is 2. The van der Waals surface area contributed by atoms with Gasteiger partial charge in [0.2, 0.25) is 11.8 Å². The average molecular weight is 344 g/mol. The monoisotopic (exact) mass is 344 g/mol. The number of benzene rings is 1. The standard InChI is InChI=1S/C20H28N2O3/c1-20(2,3)19(24)22-10-8-14(9-11-22)18(23)21-16-6-7-17-15(13-16)5-4-12-25-17/h6-7,13-14H,4-5,8-12H2,1-3H3,(H,21,23). The summed E-state index contributed by atoms with van der Waals surface area (Å²) in [7, 11) is 0. The number of hydrogen-bond acceptors (Lipinski definition) is 3. The molecule has 0 aromatic heterocycles. The number of nitrogens with one attached hydrogen (secondary N) is 1. The molecule has 1 fully saturated rings. The molecule has 2 amide bonds.